The maximum absolute atomic E-state index is 10.6. The normalized spacial score (nSPS) is 22.8. The van der Waals surface area contributed by atoms with Gasteiger partial charge in [0.25, 0.3) is 0 Å². The highest BCUT2D eigenvalue weighted by molar-refractivity contribution is 5.73. The number of carboxylic acid groups (broad SMARTS) is 1. The molecule has 0 aliphatic carbocycles. The minimum absolute atomic E-state index is 0.333. The third-order valence-electron chi connectivity index (χ3n) is 2.10. The van der Waals surface area contributed by atoms with Crippen LogP contribution in [0.5, 0.6) is 0 Å². The molecule has 2 aliphatic heterocycles. The van der Waals surface area contributed by atoms with Crippen molar-refractivity contribution in [3.8, 4) is 0 Å². The summed E-state index contributed by atoms with van der Waals surface area (Å²) in [5, 5.41) is 10.3. The van der Waals surface area contributed by atoms with Crippen LogP contribution >= 0.6 is 0 Å². The molecule has 0 saturated carbocycles. The largest absolute Gasteiger partial charge is 0.490 e. The van der Waals surface area contributed by atoms with Crippen LogP contribution in [-0.4, -0.2) is 42.5 Å². The van der Waals surface area contributed by atoms with Crippen LogP contribution in [0.15, 0.2) is 0 Å². The highest BCUT2D eigenvalue weighted by atomic mass is 19.4. The van der Waals surface area contributed by atoms with Crippen LogP contribution in [0.2, 0.25) is 0 Å². The molecule has 82 valence electrons. The Balaban J connectivity index is 0.000000140. The fourth-order valence-corrected chi connectivity index (χ4v) is 1.07. The quantitative estimate of drug-likeness (QED) is 0.610. The number of carboxylic acids is 1. The van der Waals surface area contributed by atoms with Crippen LogP contribution < -0.4 is 5.32 Å². The van der Waals surface area contributed by atoms with Crippen molar-refractivity contribution in [1.82, 2.24) is 5.32 Å². The van der Waals surface area contributed by atoms with Gasteiger partial charge in [-0.3, -0.25) is 0 Å². The average molecular weight is 213 g/mol. The summed E-state index contributed by atoms with van der Waals surface area (Å²) in [6, 6.07) is 0. The maximum atomic E-state index is 10.6. The van der Waals surface area contributed by atoms with Gasteiger partial charge in [-0.2, -0.15) is 13.2 Å². The molecule has 2 aliphatic rings. The molecule has 0 aromatic carbocycles. The van der Waals surface area contributed by atoms with E-state index in [0.717, 1.165) is 19.7 Å². The predicted octanol–water partition coefficient (Wildman–Crippen LogP) is 0.382. The molecule has 1 spiro atoms. The van der Waals surface area contributed by atoms with E-state index >= 15 is 0 Å². The number of alkyl halides is 3. The van der Waals surface area contributed by atoms with Gasteiger partial charge < -0.3 is 15.2 Å². The fourth-order valence-electron chi connectivity index (χ4n) is 1.07. The first-order chi connectivity index (χ1) is 6.36. The van der Waals surface area contributed by atoms with Gasteiger partial charge in [0, 0.05) is 19.5 Å². The van der Waals surface area contributed by atoms with E-state index in [2.05, 4.69) is 5.32 Å². The van der Waals surface area contributed by atoms with Crippen LogP contribution in [0, 0.1) is 0 Å². The van der Waals surface area contributed by atoms with E-state index in [0.29, 0.717) is 5.60 Å². The molecule has 0 aromatic heterocycles. The third-order valence-corrected chi connectivity index (χ3v) is 2.10. The second kappa shape index (κ2) is 3.74. The summed E-state index contributed by atoms with van der Waals surface area (Å²) in [5.74, 6) is -2.76. The molecular weight excluding hydrogens is 203 g/mol. The van der Waals surface area contributed by atoms with Gasteiger partial charge in [0.2, 0.25) is 0 Å². The van der Waals surface area contributed by atoms with Gasteiger partial charge >= 0.3 is 12.1 Å². The van der Waals surface area contributed by atoms with Gasteiger partial charge in [0.15, 0.2) is 0 Å². The number of hydrogen-bond donors (Lipinski definition) is 2. The molecule has 0 atom stereocenters. The van der Waals surface area contributed by atoms with Crippen LogP contribution in [0.25, 0.3) is 0 Å². The van der Waals surface area contributed by atoms with E-state index in [-0.39, 0.29) is 0 Å². The van der Waals surface area contributed by atoms with Crippen LogP contribution in [-0.2, 0) is 9.53 Å². The summed E-state index contributed by atoms with van der Waals surface area (Å²) in [6.45, 7) is 3.17. The molecule has 7 heteroatoms. The molecule has 0 bridgehead atoms. The lowest BCUT2D eigenvalue weighted by Gasteiger charge is -2.49. The van der Waals surface area contributed by atoms with Crippen molar-refractivity contribution in [1.29, 1.82) is 0 Å². The second-order valence-corrected chi connectivity index (χ2v) is 3.19. The van der Waals surface area contributed by atoms with Crippen molar-refractivity contribution < 1.29 is 27.8 Å². The molecule has 2 saturated heterocycles. The van der Waals surface area contributed by atoms with Gasteiger partial charge in [-0.05, 0) is 0 Å². The lowest BCUT2D eigenvalue weighted by atomic mass is 9.89. The van der Waals surface area contributed by atoms with Crippen LogP contribution in [0.1, 0.15) is 6.42 Å². The van der Waals surface area contributed by atoms with Gasteiger partial charge in [-0.1, -0.05) is 0 Å². The SMILES string of the molecule is C1CC2(CNC2)O1.O=C(O)C(F)(F)F. The average Bonchev–Trinajstić information content (AvgIpc) is 1.77. The van der Waals surface area contributed by atoms with Crippen LogP contribution in [0.3, 0.4) is 0 Å². The Morgan fingerprint density at radius 3 is 1.86 bits per heavy atom. The zero-order valence-electron chi connectivity index (χ0n) is 7.23. The molecular formula is C7H10F3NO3. The number of aliphatic carboxylic acids is 1. The Hall–Kier alpha value is -0.820. The molecule has 2 fully saturated rings. The molecule has 0 radical (unpaired) electrons. The smallest absolute Gasteiger partial charge is 0.475 e. The van der Waals surface area contributed by atoms with Crippen molar-refractivity contribution in [3.63, 3.8) is 0 Å². The van der Waals surface area contributed by atoms with Gasteiger partial charge in [-0.25, -0.2) is 4.79 Å². The van der Waals surface area contributed by atoms with Crippen molar-refractivity contribution in [2.45, 2.75) is 18.2 Å². The summed E-state index contributed by atoms with van der Waals surface area (Å²) < 4.78 is 37.0. The van der Waals surface area contributed by atoms with Gasteiger partial charge in [0.05, 0.1) is 12.2 Å². The lowest BCUT2D eigenvalue weighted by molar-refractivity contribution is -0.192. The first-order valence-electron chi connectivity index (χ1n) is 4.01. The first-order valence-corrected chi connectivity index (χ1v) is 4.01. The van der Waals surface area contributed by atoms with Gasteiger partial charge in [0.1, 0.15) is 0 Å². The Morgan fingerprint density at radius 1 is 1.43 bits per heavy atom. The van der Waals surface area contributed by atoms with E-state index < -0.39 is 12.1 Å². The number of carbonyl (C=O) groups is 1. The highest BCUT2D eigenvalue weighted by Crippen LogP contribution is 2.29. The number of halogens is 3. The number of nitrogens with one attached hydrogen (secondary N) is 1. The van der Waals surface area contributed by atoms with E-state index in [1.807, 2.05) is 0 Å². The molecule has 2 heterocycles. The number of ether oxygens (including phenoxy) is 1. The van der Waals surface area contributed by atoms with Crippen molar-refractivity contribution in [2.24, 2.45) is 0 Å². The highest BCUT2D eigenvalue weighted by Gasteiger charge is 2.43. The molecule has 14 heavy (non-hydrogen) atoms. The van der Waals surface area contributed by atoms with Crippen LogP contribution in [0.4, 0.5) is 13.2 Å². The molecule has 0 amide bonds. The lowest BCUT2D eigenvalue weighted by Crippen LogP contribution is -2.66. The van der Waals surface area contributed by atoms with Gasteiger partial charge in [-0.15, -0.1) is 0 Å². The zero-order chi connectivity index (χ0) is 10.8. The summed E-state index contributed by atoms with van der Waals surface area (Å²) in [4.78, 5) is 8.90. The van der Waals surface area contributed by atoms with Crippen molar-refractivity contribution in [2.75, 3.05) is 19.7 Å². The third kappa shape index (κ3) is 2.58. The van der Waals surface area contributed by atoms with E-state index in [9.17, 15) is 13.2 Å². The van der Waals surface area contributed by atoms with E-state index in [1.54, 1.807) is 0 Å². The van der Waals surface area contributed by atoms with E-state index in [4.69, 9.17) is 14.6 Å². The molecule has 2 N–H and O–H groups in total. The van der Waals surface area contributed by atoms with Crippen molar-refractivity contribution >= 4 is 5.97 Å². The summed E-state index contributed by atoms with van der Waals surface area (Å²) in [7, 11) is 0. The van der Waals surface area contributed by atoms with E-state index in [1.165, 1.54) is 6.42 Å². The second-order valence-electron chi connectivity index (χ2n) is 3.19. The summed E-state index contributed by atoms with van der Waals surface area (Å²) in [5.41, 5.74) is 0.333. The Morgan fingerprint density at radius 2 is 1.86 bits per heavy atom. The Kier molecular flexibility index (Phi) is 3.01. The molecule has 0 aromatic rings. The number of hydrogen-bond acceptors (Lipinski definition) is 3. The summed E-state index contributed by atoms with van der Waals surface area (Å²) >= 11 is 0. The standard InChI is InChI=1S/C5H9NO.C2HF3O2/c1-2-7-5(1)3-6-4-5;3-2(4,5)1(6)7/h6H,1-4H2;(H,6,7). The summed E-state index contributed by atoms with van der Waals surface area (Å²) in [6.07, 6.45) is -3.81. The minimum atomic E-state index is -5.08. The zero-order valence-corrected chi connectivity index (χ0v) is 7.23. The topological polar surface area (TPSA) is 58.6 Å². The first kappa shape index (κ1) is 11.3. The Bertz CT molecular complexity index is 205. The maximum Gasteiger partial charge on any atom is 0.490 e. The minimum Gasteiger partial charge on any atom is -0.475 e. The molecule has 0 unspecified atom stereocenters. The molecule has 2 rings (SSSR count). The van der Waals surface area contributed by atoms with Crippen molar-refractivity contribution in [3.05, 3.63) is 0 Å². The monoisotopic (exact) mass is 213 g/mol. The predicted molar refractivity (Wildman–Crippen MR) is 39.9 cm³/mol. The fraction of sp³-hybridized carbons (Fsp3) is 0.857. The Labute approximate surface area is 78.0 Å². The molecule has 4 nitrogen and oxygen atoms in total. The number of rotatable bonds is 0.